The van der Waals surface area contributed by atoms with Crippen molar-refractivity contribution in [3.8, 4) is 11.4 Å². The monoisotopic (exact) mass is 408 g/mol. The van der Waals surface area contributed by atoms with Crippen LogP contribution in [0.4, 0.5) is 10.1 Å². The average molecular weight is 408 g/mol. The Balaban J connectivity index is 1.43. The quantitative estimate of drug-likeness (QED) is 0.670. The first-order chi connectivity index (χ1) is 14.6. The number of hydrogen-bond acceptors (Lipinski definition) is 4. The number of nitrogens with zero attached hydrogens (tertiary/aromatic N) is 3. The van der Waals surface area contributed by atoms with E-state index in [1.54, 1.807) is 16.9 Å². The molecule has 1 aromatic heterocycles. The number of amides is 1. The summed E-state index contributed by atoms with van der Waals surface area (Å²) in [6, 6.07) is 14.2. The molecule has 1 aliphatic heterocycles. The fourth-order valence-corrected chi connectivity index (χ4v) is 3.86. The molecule has 1 atom stereocenters. The van der Waals surface area contributed by atoms with Crippen LogP contribution in [0, 0.1) is 5.82 Å². The Hall–Kier alpha value is -3.19. The minimum absolute atomic E-state index is 0.0319. The van der Waals surface area contributed by atoms with E-state index in [1.807, 2.05) is 42.6 Å². The molecule has 0 radical (unpaired) electrons. The molecule has 1 amide bonds. The number of likely N-dealkylation sites (tertiary alicyclic amines) is 1. The molecule has 4 rings (SSSR count). The van der Waals surface area contributed by atoms with Gasteiger partial charge < -0.3 is 10.1 Å². The molecular weight excluding hydrogens is 383 g/mol. The topological polar surface area (TPSA) is 59.4 Å². The second-order valence-electron chi connectivity index (χ2n) is 7.44. The Bertz CT molecular complexity index is 989. The zero-order valence-corrected chi connectivity index (χ0v) is 16.9. The normalized spacial score (nSPS) is 16.9. The summed E-state index contributed by atoms with van der Waals surface area (Å²) in [7, 11) is 1.45. The summed E-state index contributed by atoms with van der Waals surface area (Å²) >= 11 is 0. The number of ether oxygens (including phenoxy) is 1. The van der Waals surface area contributed by atoms with Crippen LogP contribution in [0.1, 0.15) is 24.8 Å². The Labute approximate surface area is 175 Å². The fourth-order valence-electron chi connectivity index (χ4n) is 3.86. The van der Waals surface area contributed by atoms with E-state index in [0.717, 1.165) is 42.7 Å². The SMILES string of the molecule is COc1ccc(CN2CCCCC2C(=O)Nc2ccc(-n3cccn3)cc2)cc1F. The summed E-state index contributed by atoms with van der Waals surface area (Å²) in [5.41, 5.74) is 2.51. The number of aromatic nitrogens is 2. The maximum atomic E-state index is 14.1. The number of carbonyl (C=O) groups excluding carboxylic acids is 1. The highest BCUT2D eigenvalue weighted by Crippen LogP contribution is 2.24. The standard InChI is InChI=1S/C23H25FN4O2/c1-30-22-11-6-17(15-20(22)24)16-27-13-3-2-5-21(27)23(29)26-18-7-9-19(10-8-18)28-14-4-12-25-28/h4,6-12,14-15,21H,2-3,5,13,16H2,1H3,(H,26,29). The predicted molar refractivity (Wildman–Crippen MR) is 113 cm³/mol. The lowest BCUT2D eigenvalue weighted by molar-refractivity contribution is -0.122. The predicted octanol–water partition coefficient (Wildman–Crippen LogP) is 4.01. The van der Waals surface area contributed by atoms with Crippen LogP contribution in [-0.4, -0.2) is 40.3 Å². The molecular formula is C23H25FN4O2. The number of rotatable bonds is 6. The Kier molecular flexibility index (Phi) is 6.09. The van der Waals surface area contributed by atoms with Crippen molar-refractivity contribution in [3.05, 3.63) is 72.3 Å². The van der Waals surface area contributed by atoms with Gasteiger partial charge in [-0.1, -0.05) is 12.5 Å². The molecule has 0 spiro atoms. The molecule has 7 heteroatoms. The maximum absolute atomic E-state index is 14.1. The Morgan fingerprint density at radius 2 is 2.07 bits per heavy atom. The molecule has 1 unspecified atom stereocenters. The Morgan fingerprint density at radius 3 is 2.77 bits per heavy atom. The van der Waals surface area contributed by atoms with Crippen LogP contribution in [0.15, 0.2) is 60.9 Å². The van der Waals surface area contributed by atoms with Crippen LogP contribution in [0.2, 0.25) is 0 Å². The number of hydrogen-bond donors (Lipinski definition) is 1. The first-order valence-corrected chi connectivity index (χ1v) is 10.1. The highest BCUT2D eigenvalue weighted by molar-refractivity contribution is 5.95. The molecule has 0 aliphatic carbocycles. The average Bonchev–Trinajstić information content (AvgIpc) is 3.30. The van der Waals surface area contributed by atoms with Crippen molar-refractivity contribution in [3.63, 3.8) is 0 Å². The smallest absolute Gasteiger partial charge is 0.241 e. The minimum Gasteiger partial charge on any atom is -0.494 e. The first kappa shape index (κ1) is 20.1. The second kappa shape index (κ2) is 9.09. The number of halogens is 1. The summed E-state index contributed by atoms with van der Waals surface area (Å²) < 4.78 is 20.8. The van der Waals surface area contributed by atoms with E-state index >= 15 is 0 Å². The van der Waals surface area contributed by atoms with Gasteiger partial charge in [-0.3, -0.25) is 9.69 Å². The summed E-state index contributed by atoms with van der Waals surface area (Å²) in [6.45, 7) is 1.33. The molecule has 156 valence electrons. The molecule has 1 saturated heterocycles. The van der Waals surface area contributed by atoms with Crippen LogP contribution in [-0.2, 0) is 11.3 Å². The number of piperidine rings is 1. The second-order valence-corrected chi connectivity index (χ2v) is 7.44. The van der Waals surface area contributed by atoms with Crippen molar-refractivity contribution in [1.29, 1.82) is 0 Å². The molecule has 1 aliphatic rings. The first-order valence-electron chi connectivity index (χ1n) is 10.1. The number of nitrogens with one attached hydrogen (secondary N) is 1. The van der Waals surface area contributed by atoms with Gasteiger partial charge in [0.1, 0.15) is 0 Å². The van der Waals surface area contributed by atoms with E-state index in [9.17, 15) is 9.18 Å². The van der Waals surface area contributed by atoms with E-state index in [2.05, 4.69) is 15.3 Å². The lowest BCUT2D eigenvalue weighted by Crippen LogP contribution is -2.46. The highest BCUT2D eigenvalue weighted by Gasteiger charge is 2.29. The summed E-state index contributed by atoms with van der Waals surface area (Å²) in [5, 5.41) is 7.23. The van der Waals surface area contributed by atoms with E-state index in [0.29, 0.717) is 6.54 Å². The third kappa shape index (κ3) is 4.52. The number of anilines is 1. The number of carbonyl (C=O) groups is 1. The molecule has 1 fully saturated rings. The molecule has 2 aromatic carbocycles. The molecule has 6 nitrogen and oxygen atoms in total. The summed E-state index contributed by atoms with van der Waals surface area (Å²) in [6.07, 6.45) is 6.41. The lowest BCUT2D eigenvalue weighted by Gasteiger charge is -2.34. The van der Waals surface area contributed by atoms with Gasteiger partial charge in [-0.15, -0.1) is 0 Å². The molecule has 0 bridgehead atoms. The van der Waals surface area contributed by atoms with E-state index < -0.39 is 0 Å². The van der Waals surface area contributed by atoms with Gasteiger partial charge in [0.15, 0.2) is 11.6 Å². The highest BCUT2D eigenvalue weighted by atomic mass is 19.1. The zero-order chi connectivity index (χ0) is 20.9. The van der Waals surface area contributed by atoms with Gasteiger partial charge in [0.2, 0.25) is 5.91 Å². The van der Waals surface area contributed by atoms with Crippen molar-refractivity contribution in [2.45, 2.75) is 31.8 Å². The maximum Gasteiger partial charge on any atom is 0.241 e. The molecule has 2 heterocycles. The van der Waals surface area contributed by atoms with Crippen LogP contribution in [0.5, 0.6) is 5.75 Å². The van der Waals surface area contributed by atoms with Crippen LogP contribution < -0.4 is 10.1 Å². The third-order valence-corrected chi connectivity index (χ3v) is 5.42. The van der Waals surface area contributed by atoms with Gasteiger partial charge in [0.25, 0.3) is 0 Å². The van der Waals surface area contributed by atoms with Crippen molar-refractivity contribution in [1.82, 2.24) is 14.7 Å². The van der Waals surface area contributed by atoms with Crippen molar-refractivity contribution in [2.24, 2.45) is 0 Å². The van der Waals surface area contributed by atoms with Gasteiger partial charge in [-0.2, -0.15) is 5.10 Å². The fraction of sp³-hybridized carbons (Fsp3) is 0.304. The van der Waals surface area contributed by atoms with Crippen LogP contribution >= 0.6 is 0 Å². The number of benzene rings is 2. The lowest BCUT2D eigenvalue weighted by atomic mass is 10.00. The van der Waals surface area contributed by atoms with Crippen molar-refractivity contribution >= 4 is 11.6 Å². The minimum atomic E-state index is -0.384. The van der Waals surface area contributed by atoms with Crippen LogP contribution in [0.3, 0.4) is 0 Å². The van der Waals surface area contributed by atoms with Gasteiger partial charge in [0, 0.05) is 24.6 Å². The van der Waals surface area contributed by atoms with Crippen molar-refractivity contribution < 1.29 is 13.9 Å². The molecule has 30 heavy (non-hydrogen) atoms. The van der Waals surface area contributed by atoms with E-state index in [-0.39, 0.29) is 23.5 Å². The summed E-state index contributed by atoms with van der Waals surface area (Å²) in [5.74, 6) is -0.189. The van der Waals surface area contributed by atoms with E-state index in [4.69, 9.17) is 4.74 Å². The summed E-state index contributed by atoms with van der Waals surface area (Å²) in [4.78, 5) is 15.1. The van der Waals surface area contributed by atoms with Gasteiger partial charge in [-0.05, 0) is 67.4 Å². The molecule has 3 aromatic rings. The van der Waals surface area contributed by atoms with Gasteiger partial charge in [0.05, 0.1) is 18.8 Å². The molecule has 1 N–H and O–H groups in total. The van der Waals surface area contributed by atoms with Crippen LogP contribution in [0.25, 0.3) is 5.69 Å². The number of methoxy groups -OCH3 is 1. The Morgan fingerprint density at radius 1 is 1.23 bits per heavy atom. The van der Waals surface area contributed by atoms with Gasteiger partial charge >= 0.3 is 0 Å². The van der Waals surface area contributed by atoms with Crippen molar-refractivity contribution in [2.75, 3.05) is 19.0 Å². The van der Waals surface area contributed by atoms with Gasteiger partial charge in [-0.25, -0.2) is 9.07 Å². The third-order valence-electron chi connectivity index (χ3n) is 5.42. The zero-order valence-electron chi connectivity index (χ0n) is 16.9. The molecule has 0 saturated carbocycles. The van der Waals surface area contributed by atoms with E-state index in [1.165, 1.54) is 13.2 Å². The largest absolute Gasteiger partial charge is 0.494 e.